The third-order valence-electron chi connectivity index (χ3n) is 7.63. The summed E-state index contributed by atoms with van der Waals surface area (Å²) in [5.74, 6) is 3.45. The normalized spacial score (nSPS) is 59.9. The Labute approximate surface area is 128 Å². The Morgan fingerprint density at radius 2 is 1.52 bits per heavy atom. The lowest BCUT2D eigenvalue weighted by Gasteiger charge is -2.65. The molecule has 6 aliphatic carbocycles. The highest BCUT2D eigenvalue weighted by Gasteiger charge is 2.61. The van der Waals surface area contributed by atoms with Gasteiger partial charge >= 0.3 is 0 Å². The summed E-state index contributed by atoms with van der Waals surface area (Å²) in [6.07, 6.45) is 11.8. The molecule has 0 spiro atoms. The molecule has 0 aromatic carbocycles. The van der Waals surface area contributed by atoms with Crippen molar-refractivity contribution in [2.75, 3.05) is 0 Å². The van der Waals surface area contributed by atoms with Crippen LogP contribution >= 0.6 is 0 Å². The van der Waals surface area contributed by atoms with Gasteiger partial charge in [-0.3, -0.25) is 4.79 Å². The van der Waals surface area contributed by atoms with Crippen molar-refractivity contribution in [3.8, 4) is 0 Å². The average Bonchev–Trinajstić information content (AvgIpc) is 2.90. The van der Waals surface area contributed by atoms with Gasteiger partial charge in [0.25, 0.3) is 0 Å². The first-order valence-corrected chi connectivity index (χ1v) is 9.18. The third kappa shape index (κ3) is 1.93. The second kappa shape index (κ2) is 3.68. The van der Waals surface area contributed by atoms with Crippen molar-refractivity contribution >= 4 is 5.91 Å². The third-order valence-corrected chi connectivity index (χ3v) is 7.63. The van der Waals surface area contributed by atoms with E-state index in [9.17, 15) is 4.79 Å². The fraction of sp³-hybridized carbons (Fsp3) is 0.947. The van der Waals surface area contributed by atoms with Crippen LogP contribution in [0.1, 0.15) is 71.6 Å². The summed E-state index contributed by atoms with van der Waals surface area (Å²) in [7, 11) is 0. The summed E-state index contributed by atoms with van der Waals surface area (Å²) in [5.41, 5.74) is 1.16. The molecule has 4 unspecified atom stereocenters. The number of carbonyl (C=O) groups excluding carboxylic acids is 1. The van der Waals surface area contributed by atoms with Crippen molar-refractivity contribution in [2.24, 2.45) is 34.5 Å². The molecule has 4 atom stereocenters. The topological polar surface area (TPSA) is 29.1 Å². The van der Waals surface area contributed by atoms with Gasteiger partial charge in [0.1, 0.15) is 0 Å². The standard InChI is InChI=1S/C19H29NO/c1-17-6-12-7-18(2,9-17)11-19(8-12,10-17)20-16(21)15-4-13-3-14(13)5-15/h12-15H,3-11H2,1-2H3,(H,20,21). The molecule has 21 heavy (non-hydrogen) atoms. The van der Waals surface area contributed by atoms with Crippen LogP contribution < -0.4 is 5.32 Å². The molecule has 0 saturated heterocycles. The van der Waals surface area contributed by atoms with Crippen LogP contribution in [0.3, 0.4) is 0 Å². The van der Waals surface area contributed by atoms with Gasteiger partial charge in [-0.25, -0.2) is 0 Å². The molecular formula is C19H29NO. The number of rotatable bonds is 2. The summed E-state index contributed by atoms with van der Waals surface area (Å²) < 4.78 is 0. The van der Waals surface area contributed by atoms with E-state index >= 15 is 0 Å². The van der Waals surface area contributed by atoms with E-state index in [-0.39, 0.29) is 5.54 Å². The highest BCUT2D eigenvalue weighted by molar-refractivity contribution is 5.80. The van der Waals surface area contributed by atoms with Crippen LogP contribution in [0, 0.1) is 34.5 Å². The van der Waals surface area contributed by atoms with Crippen molar-refractivity contribution in [2.45, 2.75) is 77.2 Å². The summed E-state index contributed by atoms with van der Waals surface area (Å²) in [4.78, 5) is 12.8. The molecule has 0 aliphatic heterocycles. The zero-order valence-electron chi connectivity index (χ0n) is 13.6. The monoisotopic (exact) mass is 287 g/mol. The summed E-state index contributed by atoms with van der Waals surface area (Å²) in [5, 5.41) is 3.62. The predicted octanol–water partition coefficient (Wildman–Crippen LogP) is 3.90. The number of nitrogens with one attached hydrogen (secondary N) is 1. The maximum absolute atomic E-state index is 12.8. The maximum Gasteiger partial charge on any atom is 0.223 e. The maximum atomic E-state index is 12.8. The first-order chi connectivity index (χ1) is 9.86. The Hall–Kier alpha value is -0.530. The average molecular weight is 287 g/mol. The van der Waals surface area contributed by atoms with E-state index in [1.165, 1.54) is 57.8 Å². The van der Waals surface area contributed by atoms with Crippen LogP contribution in [-0.4, -0.2) is 11.4 Å². The highest BCUT2D eigenvalue weighted by Crippen LogP contribution is 2.66. The minimum atomic E-state index is 0.160. The van der Waals surface area contributed by atoms with Gasteiger partial charge in [-0.1, -0.05) is 13.8 Å². The largest absolute Gasteiger partial charge is 0.350 e. The first-order valence-electron chi connectivity index (χ1n) is 9.18. The van der Waals surface area contributed by atoms with Gasteiger partial charge in [0, 0.05) is 11.5 Å². The Kier molecular flexibility index (Phi) is 2.27. The summed E-state index contributed by atoms with van der Waals surface area (Å²) in [6, 6.07) is 0. The zero-order valence-corrected chi connectivity index (χ0v) is 13.6. The fourth-order valence-electron chi connectivity index (χ4n) is 7.88. The van der Waals surface area contributed by atoms with Gasteiger partial charge in [-0.2, -0.15) is 0 Å². The number of carbonyl (C=O) groups is 1. The zero-order chi connectivity index (χ0) is 14.5. The minimum Gasteiger partial charge on any atom is -0.350 e. The van der Waals surface area contributed by atoms with Gasteiger partial charge in [0.2, 0.25) is 5.91 Å². The summed E-state index contributed by atoms with van der Waals surface area (Å²) in [6.45, 7) is 4.97. The Balaban J connectivity index is 1.37. The quantitative estimate of drug-likeness (QED) is 0.820. The minimum absolute atomic E-state index is 0.160. The van der Waals surface area contributed by atoms with Crippen LogP contribution in [-0.2, 0) is 4.79 Å². The van der Waals surface area contributed by atoms with Gasteiger partial charge in [0.05, 0.1) is 0 Å². The molecule has 2 nitrogen and oxygen atoms in total. The van der Waals surface area contributed by atoms with Crippen molar-refractivity contribution in [3.05, 3.63) is 0 Å². The molecule has 0 aromatic heterocycles. The van der Waals surface area contributed by atoms with E-state index in [4.69, 9.17) is 0 Å². The molecule has 0 aromatic rings. The molecule has 1 N–H and O–H groups in total. The first kappa shape index (κ1) is 13.0. The predicted molar refractivity (Wildman–Crippen MR) is 82.6 cm³/mol. The van der Waals surface area contributed by atoms with E-state index in [0.29, 0.717) is 22.7 Å². The lowest BCUT2D eigenvalue weighted by Crippen LogP contribution is -2.65. The van der Waals surface area contributed by atoms with E-state index in [2.05, 4.69) is 19.2 Å². The molecule has 116 valence electrons. The number of fused-ring (bicyclic) bond motifs is 1. The van der Waals surface area contributed by atoms with E-state index in [1.807, 2.05) is 0 Å². The molecule has 6 saturated carbocycles. The van der Waals surface area contributed by atoms with E-state index in [0.717, 1.165) is 17.8 Å². The molecule has 4 bridgehead atoms. The number of hydrogen-bond donors (Lipinski definition) is 1. The van der Waals surface area contributed by atoms with Crippen LogP contribution in [0.15, 0.2) is 0 Å². The lowest BCUT2D eigenvalue weighted by atomic mass is 9.42. The van der Waals surface area contributed by atoms with Gasteiger partial charge in [0.15, 0.2) is 0 Å². The second-order valence-electron chi connectivity index (χ2n) is 10.3. The molecule has 0 heterocycles. The van der Waals surface area contributed by atoms with Crippen molar-refractivity contribution in [3.63, 3.8) is 0 Å². The van der Waals surface area contributed by atoms with Gasteiger partial charge in [-0.15, -0.1) is 0 Å². The smallest absolute Gasteiger partial charge is 0.223 e. The SMILES string of the molecule is CC12CC3CC(C)(C1)CC(NC(=O)C1CC4CC4C1)(C3)C2. The van der Waals surface area contributed by atoms with Crippen LogP contribution in [0.25, 0.3) is 0 Å². The second-order valence-corrected chi connectivity index (χ2v) is 10.3. The fourth-order valence-corrected chi connectivity index (χ4v) is 7.88. The Morgan fingerprint density at radius 3 is 2.10 bits per heavy atom. The van der Waals surface area contributed by atoms with Gasteiger partial charge < -0.3 is 5.32 Å². The van der Waals surface area contributed by atoms with Crippen LogP contribution in [0.2, 0.25) is 0 Å². The Bertz CT molecular complexity index is 484. The van der Waals surface area contributed by atoms with Crippen LogP contribution in [0.4, 0.5) is 0 Å². The molecule has 6 rings (SSSR count). The molecular weight excluding hydrogens is 258 g/mol. The van der Waals surface area contributed by atoms with Crippen LogP contribution in [0.5, 0.6) is 0 Å². The molecule has 6 aliphatic rings. The highest BCUT2D eigenvalue weighted by atomic mass is 16.2. The molecule has 1 amide bonds. The van der Waals surface area contributed by atoms with Crippen molar-refractivity contribution in [1.29, 1.82) is 0 Å². The molecule has 2 heteroatoms. The van der Waals surface area contributed by atoms with E-state index in [1.54, 1.807) is 0 Å². The summed E-state index contributed by atoms with van der Waals surface area (Å²) >= 11 is 0. The number of hydrogen-bond acceptors (Lipinski definition) is 1. The molecule has 0 radical (unpaired) electrons. The van der Waals surface area contributed by atoms with E-state index < -0.39 is 0 Å². The lowest BCUT2D eigenvalue weighted by molar-refractivity contribution is -0.142. The van der Waals surface area contributed by atoms with Crippen molar-refractivity contribution < 1.29 is 4.79 Å². The Morgan fingerprint density at radius 1 is 0.905 bits per heavy atom. The van der Waals surface area contributed by atoms with Gasteiger partial charge in [-0.05, 0) is 86.4 Å². The van der Waals surface area contributed by atoms with Crippen molar-refractivity contribution in [1.82, 2.24) is 5.32 Å². The number of amides is 1. The molecule has 6 fully saturated rings.